The van der Waals surface area contributed by atoms with Gasteiger partial charge in [0, 0.05) is 5.56 Å². The molecule has 0 aliphatic carbocycles. The van der Waals surface area contributed by atoms with Crippen molar-refractivity contribution >= 4 is 27.8 Å². The Balaban J connectivity index is 1.89. The molecular weight excluding hydrogens is 326 g/mol. The molecular formula is C15H10F2N2O3S. The Hall–Kier alpha value is -2.61. The summed E-state index contributed by atoms with van der Waals surface area (Å²) in [5, 5.41) is 0. The van der Waals surface area contributed by atoms with Crippen LogP contribution in [0.5, 0.6) is 0 Å². The van der Waals surface area contributed by atoms with Crippen molar-refractivity contribution in [3.8, 4) is 0 Å². The summed E-state index contributed by atoms with van der Waals surface area (Å²) in [5.41, 5.74) is 0.162. The first kappa shape index (κ1) is 15.3. The zero-order valence-electron chi connectivity index (χ0n) is 11.6. The molecule has 0 atom stereocenters. The fourth-order valence-corrected chi connectivity index (χ4v) is 3.47. The SMILES string of the molecule is O=C(CN1C=Nc2ccccc2S1(=O)=O)c1ccc(F)c(F)c1. The molecule has 0 aromatic heterocycles. The summed E-state index contributed by atoms with van der Waals surface area (Å²) in [6, 6.07) is 8.77. The third-order valence-electron chi connectivity index (χ3n) is 3.32. The van der Waals surface area contributed by atoms with Crippen LogP contribution in [0.1, 0.15) is 10.4 Å². The van der Waals surface area contributed by atoms with Crippen LogP contribution in [-0.4, -0.2) is 31.4 Å². The van der Waals surface area contributed by atoms with E-state index < -0.39 is 34.0 Å². The lowest BCUT2D eigenvalue weighted by molar-refractivity contribution is 0.0980. The minimum atomic E-state index is -3.91. The number of benzene rings is 2. The Morgan fingerprint density at radius 3 is 2.57 bits per heavy atom. The van der Waals surface area contributed by atoms with E-state index in [0.29, 0.717) is 0 Å². The summed E-state index contributed by atoms with van der Waals surface area (Å²) in [7, 11) is -3.91. The minimum Gasteiger partial charge on any atom is -0.292 e. The average molecular weight is 336 g/mol. The van der Waals surface area contributed by atoms with E-state index in [1.54, 1.807) is 12.1 Å². The zero-order chi connectivity index (χ0) is 16.6. The van der Waals surface area contributed by atoms with Gasteiger partial charge in [0.05, 0.1) is 12.2 Å². The highest BCUT2D eigenvalue weighted by Gasteiger charge is 2.30. The molecule has 0 fully saturated rings. The maximum atomic E-state index is 13.2. The lowest BCUT2D eigenvalue weighted by Crippen LogP contribution is -2.36. The third kappa shape index (κ3) is 2.72. The van der Waals surface area contributed by atoms with Gasteiger partial charge in [-0.05, 0) is 30.3 Å². The van der Waals surface area contributed by atoms with Gasteiger partial charge in [-0.25, -0.2) is 26.5 Å². The standard InChI is InChI=1S/C15H10F2N2O3S/c16-11-6-5-10(7-12(11)17)14(20)8-19-9-18-13-3-1-2-4-15(13)23(19,21)22/h1-7,9H,8H2. The molecule has 2 aromatic rings. The second-order valence-corrected chi connectivity index (χ2v) is 6.67. The fraction of sp³-hybridized carbons (Fsp3) is 0.0667. The van der Waals surface area contributed by atoms with Gasteiger partial charge < -0.3 is 0 Å². The number of halogens is 2. The van der Waals surface area contributed by atoms with Gasteiger partial charge >= 0.3 is 0 Å². The highest BCUT2D eigenvalue weighted by molar-refractivity contribution is 7.89. The number of carbonyl (C=O) groups excluding carboxylic acids is 1. The maximum Gasteiger partial charge on any atom is 0.267 e. The number of sulfonamides is 1. The van der Waals surface area contributed by atoms with Crippen molar-refractivity contribution in [2.45, 2.75) is 4.90 Å². The molecule has 1 heterocycles. The summed E-state index contributed by atoms with van der Waals surface area (Å²) < 4.78 is 51.7. The molecule has 0 bridgehead atoms. The molecule has 0 amide bonds. The largest absolute Gasteiger partial charge is 0.292 e. The molecule has 8 heteroatoms. The summed E-state index contributed by atoms with van der Waals surface area (Å²) in [5.74, 6) is -2.92. The molecule has 0 saturated heterocycles. The fourth-order valence-electron chi connectivity index (χ4n) is 2.13. The molecule has 3 rings (SSSR count). The summed E-state index contributed by atoms with van der Waals surface area (Å²) in [4.78, 5) is 16.1. The molecule has 1 aliphatic heterocycles. The Labute approximate surface area is 130 Å². The van der Waals surface area contributed by atoms with Crippen LogP contribution < -0.4 is 0 Å². The van der Waals surface area contributed by atoms with Crippen LogP contribution in [0.4, 0.5) is 14.5 Å². The van der Waals surface area contributed by atoms with Crippen molar-refractivity contribution in [1.82, 2.24) is 4.31 Å². The smallest absolute Gasteiger partial charge is 0.267 e. The van der Waals surface area contributed by atoms with Crippen molar-refractivity contribution in [3.05, 3.63) is 59.7 Å². The van der Waals surface area contributed by atoms with Gasteiger partial charge in [0.25, 0.3) is 10.0 Å². The molecule has 0 spiro atoms. The van der Waals surface area contributed by atoms with Crippen LogP contribution in [-0.2, 0) is 10.0 Å². The van der Waals surface area contributed by atoms with E-state index in [1.165, 1.54) is 12.1 Å². The normalized spacial score (nSPS) is 15.3. The van der Waals surface area contributed by atoms with Crippen molar-refractivity contribution < 1.29 is 22.0 Å². The number of aliphatic imine (C=N–C) groups is 1. The van der Waals surface area contributed by atoms with E-state index in [9.17, 15) is 22.0 Å². The van der Waals surface area contributed by atoms with Gasteiger partial charge in [-0.2, -0.15) is 0 Å². The molecule has 118 valence electrons. The minimum absolute atomic E-state index is 0.0133. The Morgan fingerprint density at radius 1 is 1.09 bits per heavy atom. The van der Waals surface area contributed by atoms with Crippen LogP contribution in [0, 0.1) is 11.6 Å². The average Bonchev–Trinajstić information content (AvgIpc) is 2.53. The number of hydrogen-bond donors (Lipinski definition) is 0. The van der Waals surface area contributed by atoms with Crippen LogP contribution in [0.15, 0.2) is 52.4 Å². The number of rotatable bonds is 3. The first-order valence-corrected chi connectivity index (χ1v) is 7.97. The Morgan fingerprint density at radius 2 is 1.83 bits per heavy atom. The van der Waals surface area contributed by atoms with E-state index in [2.05, 4.69) is 4.99 Å². The topological polar surface area (TPSA) is 66.8 Å². The molecule has 0 radical (unpaired) electrons. The van der Waals surface area contributed by atoms with Crippen molar-refractivity contribution in [1.29, 1.82) is 0 Å². The molecule has 0 saturated carbocycles. The first-order valence-electron chi connectivity index (χ1n) is 6.53. The molecule has 1 aliphatic rings. The van der Waals surface area contributed by atoms with E-state index in [0.717, 1.165) is 28.8 Å². The molecule has 0 N–H and O–H groups in total. The number of hydrogen-bond acceptors (Lipinski definition) is 4. The first-order chi connectivity index (χ1) is 10.9. The maximum absolute atomic E-state index is 13.2. The van der Waals surface area contributed by atoms with Gasteiger partial charge in [0.1, 0.15) is 11.2 Å². The zero-order valence-corrected chi connectivity index (χ0v) is 12.4. The molecule has 5 nitrogen and oxygen atoms in total. The van der Waals surface area contributed by atoms with E-state index in [-0.39, 0.29) is 16.1 Å². The summed E-state index contributed by atoms with van der Waals surface area (Å²) in [6.45, 7) is -0.550. The Kier molecular flexibility index (Phi) is 3.69. The van der Waals surface area contributed by atoms with Crippen LogP contribution in [0.2, 0.25) is 0 Å². The van der Waals surface area contributed by atoms with Gasteiger partial charge in [0.2, 0.25) is 0 Å². The van der Waals surface area contributed by atoms with Gasteiger partial charge in [0.15, 0.2) is 17.4 Å². The second kappa shape index (κ2) is 5.54. The van der Waals surface area contributed by atoms with Crippen molar-refractivity contribution in [3.63, 3.8) is 0 Å². The van der Waals surface area contributed by atoms with Crippen LogP contribution >= 0.6 is 0 Å². The van der Waals surface area contributed by atoms with Crippen LogP contribution in [0.3, 0.4) is 0 Å². The Bertz CT molecular complexity index is 926. The number of ketones is 1. The summed E-state index contributed by atoms with van der Waals surface area (Å²) >= 11 is 0. The predicted octanol–water partition coefficient (Wildman–Crippen LogP) is 2.51. The van der Waals surface area contributed by atoms with E-state index in [4.69, 9.17) is 0 Å². The van der Waals surface area contributed by atoms with E-state index in [1.807, 2.05) is 0 Å². The number of para-hydroxylation sites is 1. The molecule has 23 heavy (non-hydrogen) atoms. The second-order valence-electron chi connectivity index (χ2n) is 4.81. The van der Waals surface area contributed by atoms with Gasteiger partial charge in [-0.15, -0.1) is 0 Å². The molecule has 0 unspecified atom stereocenters. The summed E-state index contributed by atoms with van der Waals surface area (Å²) in [6.07, 6.45) is 1.04. The predicted molar refractivity (Wildman–Crippen MR) is 79.2 cm³/mol. The van der Waals surface area contributed by atoms with Crippen LogP contribution in [0.25, 0.3) is 0 Å². The third-order valence-corrected chi connectivity index (χ3v) is 5.06. The number of fused-ring (bicyclic) bond motifs is 1. The quantitative estimate of drug-likeness (QED) is 0.809. The highest BCUT2D eigenvalue weighted by atomic mass is 32.2. The van der Waals surface area contributed by atoms with Crippen molar-refractivity contribution in [2.24, 2.45) is 4.99 Å². The monoisotopic (exact) mass is 336 g/mol. The van der Waals surface area contributed by atoms with E-state index >= 15 is 0 Å². The van der Waals surface area contributed by atoms with Crippen molar-refractivity contribution in [2.75, 3.05) is 6.54 Å². The van der Waals surface area contributed by atoms with Gasteiger partial charge in [-0.3, -0.25) is 4.79 Å². The molecule has 2 aromatic carbocycles. The lowest BCUT2D eigenvalue weighted by Gasteiger charge is -2.23. The number of Topliss-reactive ketones (excluding diaryl/α,β-unsaturated/α-hetero) is 1. The highest BCUT2D eigenvalue weighted by Crippen LogP contribution is 2.29. The lowest BCUT2D eigenvalue weighted by atomic mass is 10.1. The number of carbonyl (C=O) groups is 1. The van der Waals surface area contributed by atoms with Gasteiger partial charge in [-0.1, -0.05) is 12.1 Å². The number of nitrogens with zero attached hydrogens (tertiary/aromatic N) is 2.